The number of hydrogen-bond acceptors (Lipinski definition) is 6. The molecule has 3 aromatic rings. The summed E-state index contributed by atoms with van der Waals surface area (Å²) >= 11 is 11.7. The van der Waals surface area contributed by atoms with E-state index >= 15 is 0 Å². The molecule has 0 spiro atoms. The number of nitrogens with zero attached hydrogens (tertiary/aromatic N) is 4. The first kappa shape index (κ1) is 17.3. The Morgan fingerprint density at radius 1 is 1.24 bits per heavy atom. The van der Waals surface area contributed by atoms with Crippen LogP contribution in [0.25, 0.3) is 0 Å². The van der Waals surface area contributed by atoms with Gasteiger partial charge in [0.15, 0.2) is 11.6 Å². The van der Waals surface area contributed by atoms with Crippen molar-refractivity contribution in [1.82, 2.24) is 19.7 Å². The van der Waals surface area contributed by atoms with Crippen LogP contribution < -0.4 is 5.56 Å². The summed E-state index contributed by atoms with van der Waals surface area (Å²) in [5.41, 5.74) is 0.551. The molecular formula is C16H12Cl2N4O3. The summed E-state index contributed by atoms with van der Waals surface area (Å²) in [5.74, 6) is 0.248. The van der Waals surface area contributed by atoms with Crippen LogP contribution in [0.2, 0.25) is 10.0 Å². The maximum atomic E-state index is 12.2. The van der Waals surface area contributed by atoms with Crippen LogP contribution in [0.15, 0.2) is 39.9 Å². The molecule has 2 heterocycles. The molecule has 0 bridgehead atoms. The third kappa shape index (κ3) is 3.94. The Morgan fingerprint density at radius 3 is 2.68 bits per heavy atom. The minimum absolute atomic E-state index is 0.0209. The van der Waals surface area contributed by atoms with Crippen molar-refractivity contribution in [3.05, 3.63) is 74.0 Å². The maximum absolute atomic E-state index is 12.2. The second-order valence-electron chi connectivity index (χ2n) is 5.29. The average molecular weight is 379 g/mol. The predicted octanol–water partition coefficient (Wildman–Crippen LogP) is 2.72. The summed E-state index contributed by atoms with van der Waals surface area (Å²) in [4.78, 5) is 32.3. The molecule has 0 unspecified atom stereocenters. The van der Waals surface area contributed by atoms with Gasteiger partial charge in [-0.1, -0.05) is 28.4 Å². The van der Waals surface area contributed by atoms with Crippen molar-refractivity contribution in [2.75, 3.05) is 0 Å². The standard InChI is InChI=1S/C16H12Cl2N4O3/c1-9-15(18)16(24)22(8-19-9)7-14-20-13(21-25-14)6-12(23)10-2-4-11(17)5-3-10/h2-5,8H,6-7H2,1H3. The van der Waals surface area contributed by atoms with Crippen LogP contribution in [-0.4, -0.2) is 25.5 Å². The molecule has 128 valence electrons. The zero-order chi connectivity index (χ0) is 18.0. The fourth-order valence-corrected chi connectivity index (χ4v) is 2.40. The number of ketones is 1. The lowest BCUT2D eigenvalue weighted by atomic mass is 10.1. The molecular weight excluding hydrogens is 367 g/mol. The highest BCUT2D eigenvalue weighted by Crippen LogP contribution is 2.12. The highest BCUT2D eigenvalue weighted by molar-refractivity contribution is 6.31. The molecule has 0 aliphatic carbocycles. The number of aryl methyl sites for hydroxylation is 1. The molecule has 0 fully saturated rings. The van der Waals surface area contributed by atoms with Crippen LogP contribution in [0.5, 0.6) is 0 Å². The highest BCUT2D eigenvalue weighted by Gasteiger charge is 2.14. The topological polar surface area (TPSA) is 90.9 Å². The molecule has 0 saturated carbocycles. The lowest BCUT2D eigenvalue weighted by Crippen LogP contribution is -2.22. The molecule has 0 amide bonds. The third-order valence-corrected chi connectivity index (χ3v) is 4.14. The van der Waals surface area contributed by atoms with Crippen molar-refractivity contribution in [2.45, 2.75) is 19.9 Å². The van der Waals surface area contributed by atoms with E-state index in [9.17, 15) is 9.59 Å². The number of rotatable bonds is 5. The Hall–Kier alpha value is -2.51. The van der Waals surface area contributed by atoms with Crippen molar-refractivity contribution in [2.24, 2.45) is 0 Å². The quantitative estimate of drug-likeness (QED) is 0.633. The zero-order valence-electron chi connectivity index (χ0n) is 13.1. The summed E-state index contributed by atoms with van der Waals surface area (Å²) in [5, 5.41) is 4.36. The Bertz CT molecular complexity index is 980. The SMILES string of the molecule is Cc1ncn(Cc2nc(CC(=O)c3ccc(Cl)cc3)no2)c(=O)c1Cl. The number of hydrogen-bond donors (Lipinski definition) is 0. The summed E-state index contributed by atoms with van der Waals surface area (Å²) in [6, 6.07) is 6.53. The second kappa shape index (κ2) is 7.16. The van der Waals surface area contributed by atoms with Crippen LogP contribution in [0.1, 0.15) is 27.8 Å². The van der Waals surface area contributed by atoms with E-state index in [0.717, 1.165) is 0 Å². The van der Waals surface area contributed by atoms with E-state index in [0.29, 0.717) is 16.3 Å². The molecule has 0 radical (unpaired) electrons. The number of carbonyl (C=O) groups is 1. The van der Waals surface area contributed by atoms with Gasteiger partial charge in [0.2, 0.25) is 5.89 Å². The molecule has 0 saturated heterocycles. The summed E-state index contributed by atoms with van der Waals surface area (Å²) < 4.78 is 6.34. The van der Waals surface area contributed by atoms with Gasteiger partial charge in [-0.3, -0.25) is 14.2 Å². The Labute approximate surface area is 152 Å². The average Bonchev–Trinajstić information content (AvgIpc) is 3.03. The molecule has 25 heavy (non-hydrogen) atoms. The Morgan fingerprint density at radius 2 is 1.96 bits per heavy atom. The van der Waals surface area contributed by atoms with Crippen LogP contribution in [0.4, 0.5) is 0 Å². The van der Waals surface area contributed by atoms with Gasteiger partial charge in [0.25, 0.3) is 5.56 Å². The number of carbonyl (C=O) groups excluding carboxylic acids is 1. The van der Waals surface area contributed by atoms with E-state index in [1.165, 1.54) is 10.9 Å². The van der Waals surface area contributed by atoms with Crippen LogP contribution in [0, 0.1) is 6.92 Å². The lowest BCUT2D eigenvalue weighted by Gasteiger charge is -2.03. The van der Waals surface area contributed by atoms with Gasteiger partial charge in [-0.25, -0.2) is 4.98 Å². The fourth-order valence-electron chi connectivity index (χ4n) is 2.11. The first-order valence-corrected chi connectivity index (χ1v) is 8.01. The summed E-state index contributed by atoms with van der Waals surface area (Å²) in [6.45, 7) is 1.66. The van der Waals surface area contributed by atoms with Gasteiger partial charge >= 0.3 is 0 Å². The van der Waals surface area contributed by atoms with Crippen LogP contribution in [-0.2, 0) is 13.0 Å². The van der Waals surface area contributed by atoms with Gasteiger partial charge in [-0.05, 0) is 31.2 Å². The molecule has 0 aliphatic heterocycles. The highest BCUT2D eigenvalue weighted by atomic mass is 35.5. The van der Waals surface area contributed by atoms with E-state index in [4.69, 9.17) is 27.7 Å². The monoisotopic (exact) mass is 378 g/mol. The van der Waals surface area contributed by atoms with Crippen molar-refractivity contribution in [3.63, 3.8) is 0 Å². The first-order valence-electron chi connectivity index (χ1n) is 7.26. The Balaban J connectivity index is 1.72. The maximum Gasteiger partial charge on any atom is 0.272 e. The van der Waals surface area contributed by atoms with E-state index in [1.54, 1.807) is 31.2 Å². The Kier molecular flexibility index (Phi) is 4.96. The fraction of sp³-hybridized carbons (Fsp3) is 0.188. The van der Waals surface area contributed by atoms with E-state index < -0.39 is 5.56 Å². The lowest BCUT2D eigenvalue weighted by molar-refractivity contribution is 0.0990. The molecule has 0 N–H and O–H groups in total. The predicted molar refractivity (Wildman–Crippen MR) is 91.1 cm³/mol. The normalized spacial score (nSPS) is 10.8. The summed E-state index contributed by atoms with van der Waals surface area (Å²) in [7, 11) is 0. The van der Waals surface area contributed by atoms with Crippen LogP contribution in [0.3, 0.4) is 0 Å². The van der Waals surface area contributed by atoms with E-state index in [-0.39, 0.29) is 35.5 Å². The molecule has 0 aliphatic rings. The van der Waals surface area contributed by atoms with Crippen molar-refractivity contribution in [1.29, 1.82) is 0 Å². The number of benzene rings is 1. The van der Waals surface area contributed by atoms with Gasteiger partial charge in [0, 0.05) is 10.6 Å². The first-order chi connectivity index (χ1) is 11.9. The van der Waals surface area contributed by atoms with Crippen molar-refractivity contribution >= 4 is 29.0 Å². The van der Waals surface area contributed by atoms with E-state index in [2.05, 4.69) is 15.1 Å². The molecule has 0 atom stereocenters. The van der Waals surface area contributed by atoms with Crippen LogP contribution >= 0.6 is 23.2 Å². The van der Waals surface area contributed by atoms with Crippen molar-refractivity contribution < 1.29 is 9.32 Å². The number of Topliss-reactive ketones (excluding diaryl/α,β-unsaturated/α-hetero) is 1. The number of aromatic nitrogens is 4. The van der Waals surface area contributed by atoms with Gasteiger partial charge in [-0.15, -0.1) is 0 Å². The zero-order valence-corrected chi connectivity index (χ0v) is 14.6. The van der Waals surface area contributed by atoms with Gasteiger partial charge in [0.1, 0.15) is 11.6 Å². The van der Waals surface area contributed by atoms with Gasteiger partial charge in [0.05, 0.1) is 18.4 Å². The molecule has 3 rings (SSSR count). The largest absolute Gasteiger partial charge is 0.337 e. The minimum atomic E-state index is -0.397. The summed E-state index contributed by atoms with van der Waals surface area (Å²) in [6.07, 6.45) is 1.33. The molecule has 1 aromatic carbocycles. The van der Waals surface area contributed by atoms with E-state index in [1.807, 2.05) is 0 Å². The minimum Gasteiger partial charge on any atom is -0.337 e. The molecule has 2 aromatic heterocycles. The molecule has 7 nitrogen and oxygen atoms in total. The van der Waals surface area contributed by atoms with Gasteiger partial charge in [-0.2, -0.15) is 4.98 Å². The third-order valence-electron chi connectivity index (χ3n) is 3.46. The molecule has 9 heteroatoms. The smallest absolute Gasteiger partial charge is 0.272 e. The number of halogens is 2. The van der Waals surface area contributed by atoms with Gasteiger partial charge < -0.3 is 4.52 Å². The van der Waals surface area contributed by atoms with Crippen molar-refractivity contribution in [3.8, 4) is 0 Å². The second-order valence-corrected chi connectivity index (χ2v) is 6.10.